The van der Waals surface area contributed by atoms with Gasteiger partial charge in [0.25, 0.3) is 0 Å². The molecule has 0 saturated carbocycles. The Balaban J connectivity index is 2.31. The van der Waals surface area contributed by atoms with Crippen molar-refractivity contribution in [2.45, 2.75) is 12.5 Å². The Labute approximate surface area is 75.1 Å². The quantitative estimate of drug-likeness (QED) is 0.655. The summed E-state index contributed by atoms with van der Waals surface area (Å²) in [6.45, 7) is 0.729. The van der Waals surface area contributed by atoms with Crippen molar-refractivity contribution in [2.24, 2.45) is 0 Å². The molecule has 1 heterocycles. The monoisotopic (exact) mass is 186 g/mol. The average molecular weight is 187 g/mol. The highest BCUT2D eigenvalue weighted by molar-refractivity contribution is 6.30. The zero-order chi connectivity index (χ0) is 8.55. The smallest absolute Gasteiger partial charge is 0.130 e. The molecule has 0 bridgehead atoms. The zero-order valence-corrected chi connectivity index (χ0v) is 7.14. The summed E-state index contributed by atoms with van der Waals surface area (Å²) in [6.07, 6.45) is 0.848. The lowest BCUT2D eigenvalue weighted by Crippen LogP contribution is -2.19. The molecule has 0 aromatic heterocycles. The van der Waals surface area contributed by atoms with E-state index in [0.717, 1.165) is 13.0 Å². The van der Waals surface area contributed by atoms with E-state index in [4.69, 9.17) is 16.3 Å². The van der Waals surface area contributed by atoms with Gasteiger partial charge < -0.3 is 4.74 Å². The van der Waals surface area contributed by atoms with Gasteiger partial charge in [0.1, 0.15) is 5.82 Å². The van der Waals surface area contributed by atoms with E-state index < -0.39 is 0 Å². The van der Waals surface area contributed by atoms with Gasteiger partial charge in [-0.1, -0.05) is 17.7 Å². The molecule has 64 valence electrons. The second-order valence-corrected chi connectivity index (χ2v) is 3.25. The highest BCUT2D eigenvalue weighted by Gasteiger charge is 2.23. The molecular weight excluding hydrogens is 179 g/mol. The van der Waals surface area contributed by atoms with Gasteiger partial charge in [-0.2, -0.15) is 0 Å². The van der Waals surface area contributed by atoms with Gasteiger partial charge in [-0.25, -0.2) is 4.39 Å². The summed E-state index contributed by atoms with van der Waals surface area (Å²) in [5.74, 6) is -0.271. The molecule has 1 nitrogen and oxygen atoms in total. The van der Waals surface area contributed by atoms with Crippen molar-refractivity contribution >= 4 is 11.6 Å². The molecule has 0 amide bonds. The van der Waals surface area contributed by atoms with Gasteiger partial charge in [0, 0.05) is 17.0 Å². The van der Waals surface area contributed by atoms with Crippen LogP contribution in [0.5, 0.6) is 0 Å². The Kier molecular flexibility index (Phi) is 2.03. The molecule has 1 aliphatic heterocycles. The zero-order valence-electron chi connectivity index (χ0n) is 6.39. The van der Waals surface area contributed by atoms with Crippen molar-refractivity contribution in [2.75, 3.05) is 6.61 Å². The van der Waals surface area contributed by atoms with Crippen molar-refractivity contribution < 1.29 is 9.13 Å². The second kappa shape index (κ2) is 3.04. The largest absolute Gasteiger partial charge is 0.373 e. The summed E-state index contributed by atoms with van der Waals surface area (Å²) in [4.78, 5) is 0. The summed E-state index contributed by atoms with van der Waals surface area (Å²) in [5, 5.41) is 0.426. The number of benzene rings is 1. The molecule has 12 heavy (non-hydrogen) atoms. The van der Waals surface area contributed by atoms with E-state index in [2.05, 4.69) is 0 Å². The fraction of sp³-hybridized carbons (Fsp3) is 0.333. The van der Waals surface area contributed by atoms with E-state index in [1.165, 1.54) is 6.07 Å². The van der Waals surface area contributed by atoms with Gasteiger partial charge in [0.05, 0.1) is 12.7 Å². The lowest BCUT2D eigenvalue weighted by molar-refractivity contribution is -0.0545. The van der Waals surface area contributed by atoms with Crippen molar-refractivity contribution in [3.8, 4) is 0 Å². The third-order valence-electron chi connectivity index (χ3n) is 2.01. The summed E-state index contributed by atoms with van der Waals surface area (Å²) >= 11 is 5.60. The van der Waals surface area contributed by atoms with Crippen molar-refractivity contribution in [1.82, 2.24) is 0 Å². The maximum Gasteiger partial charge on any atom is 0.130 e. The molecule has 1 atom stereocenters. The van der Waals surface area contributed by atoms with Crippen LogP contribution in [0.2, 0.25) is 5.02 Å². The normalized spacial score (nSPS) is 22.0. The van der Waals surface area contributed by atoms with E-state index in [1.54, 1.807) is 12.1 Å². The highest BCUT2D eigenvalue weighted by atomic mass is 35.5. The summed E-state index contributed by atoms with van der Waals surface area (Å²) in [6, 6.07) is 4.68. The van der Waals surface area contributed by atoms with E-state index in [9.17, 15) is 4.39 Å². The number of halogens is 2. The lowest BCUT2D eigenvalue weighted by atomic mass is 10.0. The average Bonchev–Trinajstić information content (AvgIpc) is 1.91. The van der Waals surface area contributed by atoms with Crippen LogP contribution in [0.3, 0.4) is 0 Å². The Morgan fingerprint density at radius 3 is 2.75 bits per heavy atom. The van der Waals surface area contributed by atoms with Gasteiger partial charge in [-0.05, 0) is 12.1 Å². The van der Waals surface area contributed by atoms with Crippen molar-refractivity contribution in [3.05, 3.63) is 34.6 Å². The molecule has 0 N–H and O–H groups in total. The molecule has 0 aliphatic carbocycles. The number of hydrogen-bond donors (Lipinski definition) is 0. The maximum absolute atomic E-state index is 13.2. The number of rotatable bonds is 1. The second-order valence-electron chi connectivity index (χ2n) is 2.81. The van der Waals surface area contributed by atoms with Crippen LogP contribution < -0.4 is 0 Å². The minimum absolute atomic E-state index is 0.0535. The van der Waals surface area contributed by atoms with Crippen LogP contribution in [-0.2, 0) is 4.74 Å². The molecular formula is C9H8ClFO. The van der Waals surface area contributed by atoms with Gasteiger partial charge >= 0.3 is 0 Å². The van der Waals surface area contributed by atoms with E-state index >= 15 is 0 Å². The van der Waals surface area contributed by atoms with Gasteiger partial charge in [0.2, 0.25) is 0 Å². The molecule has 3 heteroatoms. The number of hydrogen-bond acceptors (Lipinski definition) is 1. The maximum atomic E-state index is 13.2. The Hall–Kier alpha value is -0.600. The first-order valence-corrected chi connectivity index (χ1v) is 4.22. The Bertz CT molecular complexity index is 297. The molecule has 1 saturated heterocycles. The predicted molar refractivity (Wildman–Crippen MR) is 44.7 cm³/mol. The SMILES string of the molecule is Fc1cc(Cl)ccc1C1CCO1. The third kappa shape index (κ3) is 1.32. The molecule has 0 spiro atoms. The van der Waals surface area contributed by atoms with Crippen LogP contribution in [-0.4, -0.2) is 6.61 Å². The van der Waals surface area contributed by atoms with Crippen LogP contribution in [0, 0.1) is 5.82 Å². The molecule has 1 aromatic carbocycles. The lowest BCUT2D eigenvalue weighted by Gasteiger charge is -2.26. The van der Waals surface area contributed by atoms with Gasteiger partial charge in [0.15, 0.2) is 0 Å². The minimum atomic E-state index is -0.271. The highest BCUT2D eigenvalue weighted by Crippen LogP contribution is 2.31. The Morgan fingerprint density at radius 1 is 1.50 bits per heavy atom. The number of ether oxygens (including phenoxy) is 1. The summed E-state index contributed by atoms with van der Waals surface area (Å²) in [7, 11) is 0. The van der Waals surface area contributed by atoms with E-state index in [1.807, 2.05) is 0 Å². The molecule has 2 rings (SSSR count). The van der Waals surface area contributed by atoms with Crippen molar-refractivity contribution in [3.63, 3.8) is 0 Å². The topological polar surface area (TPSA) is 9.23 Å². The van der Waals surface area contributed by atoms with E-state index in [0.29, 0.717) is 10.6 Å². The minimum Gasteiger partial charge on any atom is -0.373 e. The van der Waals surface area contributed by atoms with E-state index in [-0.39, 0.29) is 11.9 Å². The van der Waals surface area contributed by atoms with Crippen LogP contribution in [0.1, 0.15) is 18.1 Å². The fourth-order valence-electron chi connectivity index (χ4n) is 1.24. The predicted octanol–water partition coefficient (Wildman–Crippen LogP) is 2.94. The fourth-order valence-corrected chi connectivity index (χ4v) is 1.40. The summed E-state index contributed by atoms with van der Waals surface area (Å²) < 4.78 is 18.3. The standard InChI is InChI=1S/C9H8ClFO/c10-6-1-2-7(8(11)5-6)9-3-4-12-9/h1-2,5,9H,3-4H2. The van der Waals surface area contributed by atoms with Gasteiger partial charge in [-0.15, -0.1) is 0 Å². The molecule has 1 fully saturated rings. The molecule has 1 aromatic rings. The van der Waals surface area contributed by atoms with Crippen LogP contribution in [0.25, 0.3) is 0 Å². The van der Waals surface area contributed by atoms with Crippen LogP contribution in [0.4, 0.5) is 4.39 Å². The van der Waals surface area contributed by atoms with Crippen LogP contribution in [0.15, 0.2) is 18.2 Å². The third-order valence-corrected chi connectivity index (χ3v) is 2.24. The molecule has 0 radical (unpaired) electrons. The summed E-state index contributed by atoms with van der Waals surface area (Å²) in [5.41, 5.74) is 0.616. The first-order valence-electron chi connectivity index (χ1n) is 3.84. The first-order chi connectivity index (χ1) is 5.77. The molecule has 1 aliphatic rings. The molecule has 1 unspecified atom stereocenters. The van der Waals surface area contributed by atoms with Crippen molar-refractivity contribution in [1.29, 1.82) is 0 Å². The van der Waals surface area contributed by atoms with Gasteiger partial charge in [-0.3, -0.25) is 0 Å². The van der Waals surface area contributed by atoms with Crippen LogP contribution >= 0.6 is 11.6 Å². The Morgan fingerprint density at radius 2 is 2.25 bits per heavy atom. The first kappa shape index (κ1) is 8.02.